The average molecular weight is 243 g/mol. The molecule has 1 atom stereocenters. The molecule has 0 aliphatic rings. The summed E-state index contributed by atoms with van der Waals surface area (Å²) >= 11 is 5.78. The largest absolute Gasteiger partial charge is 0.394 e. The van der Waals surface area contributed by atoms with E-state index in [0.29, 0.717) is 29.0 Å². The van der Waals surface area contributed by atoms with E-state index in [2.05, 4.69) is 36.1 Å². The molecule has 0 saturated carbocycles. The normalized spacial score (nSPS) is 12.9. The lowest BCUT2D eigenvalue weighted by Gasteiger charge is -2.17. The van der Waals surface area contributed by atoms with Gasteiger partial charge in [-0.1, -0.05) is 20.8 Å². The van der Waals surface area contributed by atoms with Gasteiger partial charge in [0.25, 0.3) is 0 Å². The zero-order valence-electron chi connectivity index (χ0n) is 10.2. The Morgan fingerprint density at radius 1 is 1.31 bits per heavy atom. The molecule has 0 fully saturated rings. The molecule has 0 aliphatic heterocycles. The summed E-state index contributed by atoms with van der Waals surface area (Å²) in [6, 6.07) is 0. The van der Waals surface area contributed by atoms with E-state index in [4.69, 9.17) is 17.3 Å². The van der Waals surface area contributed by atoms with Gasteiger partial charge in [-0.2, -0.15) is 4.98 Å². The number of nitrogens with zero attached hydrogens (tertiary/aromatic N) is 2. The van der Waals surface area contributed by atoms with Crippen LogP contribution in [0.2, 0.25) is 5.28 Å². The SMILES string of the molecule is Cc1nc(Cl)nc(NCC(C)C(C)C)c1N. The van der Waals surface area contributed by atoms with Crippen molar-refractivity contribution in [3.8, 4) is 0 Å². The third-order valence-electron chi connectivity index (χ3n) is 2.84. The highest BCUT2D eigenvalue weighted by atomic mass is 35.5. The average Bonchev–Trinajstić information content (AvgIpc) is 2.20. The highest BCUT2D eigenvalue weighted by molar-refractivity contribution is 6.28. The van der Waals surface area contributed by atoms with Gasteiger partial charge >= 0.3 is 0 Å². The second-order valence-corrected chi connectivity index (χ2v) is 4.78. The molecule has 1 aromatic rings. The van der Waals surface area contributed by atoms with Crippen molar-refractivity contribution in [1.29, 1.82) is 0 Å². The number of nitrogen functional groups attached to an aromatic ring is 1. The molecule has 1 aromatic heterocycles. The lowest BCUT2D eigenvalue weighted by atomic mass is 9.98. The Kier molecular flexibility index (Phi) is 4.35. The number of hydrogen-bond acceptors (Lipinski definition) is 4. The van der Waals surface area contributed by atoms with E-state index in [9.17, 15) is 0 Å². The van der Waals surface area contributed by atoms with Crippen LogP contribution in [-0.4, -0.2) is 16.5 Å². The van der Waals surface area contributed by atoms with E-state index >= 15 is 0 Å². The van der Waals surface area contributed by atoms with Gasteiger partial charge in [-0.05, 0) is 30.4 Å². The summed E-state index contributed by atoms with van der Waals surface area (Å²) in [6.07, 6.45) is 0. The highest BCUT2D eigenvalue weighted by Gasteiger charge is 2.10. The van der Waals surface area contributed by atoms with E-state index in [1.165, 1.54) is 0 Å². The van der Waals surface area contributed by atoms with Crippen molar-refractivity contribution in [2.45, 2.75) is 27.7 Å². The fraction of sp³-hybridized carbons (Fsp3) is 0.636. The summed E-state index contributed by atoms with van der Waals surface area (Å²) in [5, 5.41) is 3.44. The van der Waals surface area contributed by atoms with Crippen LogP contribution in [0.3, 0.4) is 0 Å². The van der Waals surface area contributed by atoms with Gasteiger partial charge in [0.2, 0.25) is 5.28 Å². The first-order chi connectivity index (χ1) is 7.41. The van der Waals surface area contributed by atoms with Crippen LogP contribution in [0.25, 0.3) is 0 Å². The van der Waals surface area contributed by atoms with Gasteiger partial charge in [-0.25, -0.2) is 4.98 Å². The minimum absolute atomic E-state index is 0.228. The smallest absolute Gasteiger partial charge is 0.224 e. The number of aromatic nitrogens is 2. The molecule has 0 spiro atoms. The third kappa shape index (κ3) is 3.23. The van der Waals surface area contributed by atoms with E-state index < -0.39 is 0 Å². The van der Waals surface area contributed by atoms with Crippen molar-refractivity contribution in [2.75, 3.05) is 17.6 Å². The quantitative estimate of drug-likeness (QED) is 0.797. The highest BCUT2D eigenvalue weighted by Crippen LogP contribution is 2.21. The number of hydrogen-bond donors (Lipinski definition) is 2. The number of halogens is 1. The predicted octanol–water partition coefficient (Wildman–Crippen LogP) is 2.72. The van der Waals surface area contributed by atoms with Crippen LogP contribution in [0.15, 0.2) is 0 Å². The molecule has 0 aromatic carbocycles. The summed E-state index contributed by atoms with van der Waals surface area (Å²) in [7, 11) is 0. The Morgan fingerprint density at radius 3 is 2.50 bits per heavy atom. The Labute approximate surface area is 102 Å². The number of nitrogens with one attached hydrogen (secondary N) is 1. The number of aryl methyl sites for hydroxylation is 1. The summed E-state index contributed by atoms with van der Waals surface area (Å²) in [5.74, 6) is 1.80. The summed E-state index contributed by atoms with van der Waals surface area (Å²) < 4.78 is 0. The molecule has 90 valence electrons. The van der Waals surface area contributed by atoms with Crippen LogP contribution >= 0.6 is 11.6 Å². The fourth-order valence-electron chi connectivity index (χ4n) is 1.18. The van der Waals surface area contributed by atoms with Crippen molar-refractivity contribution >= 4 is 23.1 Å². The monoisotopic (exact) mass is 242 g/mol. The maximum atomic E-state index is 5.87. The fourth-order valence-corrected chi connectivity index (χ4v) is 1.39. The van der Waals surface area contributed by atoms with Crippen LogP contribution < -0.4 is 11.1 Å². The number of nitrogens with two attached hydrogens (primary N) is 1. The van der Waals surface area contributed by atoms with Gasteiger partial charge in [0.05, 0.1) is 11.4 Å². The van der Waals surface area contributed by atoms with Gasteiger partial charge in [-0.3, -0.25) is 0 Å². The predicted molar refractivity (Wildman–Crippen MR) is 68.7 cm³/mol. The molecule has 0 saturated heterocycles. The molecule has 1 unspecified atom stereocenters. The van der Waals surface area contributed by atoms with Gasteiger partial charge in [0.1, 0.15) is 0 Å². The lowest BCUT2D eigenvalue weighted by Crippen LogP contribution is -2.18. The van der Waals surface area contributed by atoms with E-state index in [-0.39, 0.29) is 5.28 Å². The van der Waals surface area contributed by atoms with Crippen LogP contribution in [0.1, 0.15) is 26.5 Å². The van der Waals surface area contributed by atoms with Crippen LogP contribution in [0, 0.1) is 18.8 Å². The molecule has 16 heavy (non-hydrogen) atoms. The topological polar surface area (TPSA) is 63.8 Å². The third-order valence-corrected chi connectivity index (χ3v) is 3.01. The van der Waals surface area contributed by atoms with Gasteiger partial charge in [0, 0.05) is 6.54 Å². The molecule has 5 heteroatoms. The minimum Gasteiger partial charge on any atom is -0.394 e. The first kappa shape index (κ1) is 13.0. The zero-order chi connectivity index (χ0) is 12.3. The summed E-state index contributed by atoms with van der Waals surface area (Å²) in [4.78, 5) is 8.07. The number of rotatable bonds is 4. The van der Waals surface area contributed by atoms with Gasteiger partial charge in [0.15, 0.2) is 5.82 Å². The summed E-state index contributed by atoms with van der Waals surface area (Å²) in [6.45, 7) is 9.21. The maximum absolute atomic E-state index is 5.87. The van der Waals surface area contributed by atoms with Crippen molar-refractivity contribution in [1.82, 2.24) is 9.97 Å². The van der Waals surface area contributed by atoms with Gasteiger partial charge in [-0.15, -0.1) is 0 Å². The Morgan fingerprint density at radius 2 is 1.94 bits per heavy atom. The zero-order valence-corrected chi connectivity index (χ0v) is 11.0. The van der Waals surface area contributed by atoms with Crippen molar-refractivity contribution in [3.05, 3.63) is 11.0 Å². The second-order valence-electron chi connectivity index (χ2n) is 4.44. The lowest BCUT2D eigenvalue weighted by molar-refractivity contribution is 0.439. The number of anilines is 2. The molecule has 1 heterocycles. The van der Waals surface area contributed by atoms with Crippen LogP contribution in [0.4, 0.5) is 11.5 Å². The standard InChI is InChI=1S/C11H19ClN4/c1-6(2)7(3)5-14-10-9(13)8(4)15-11(12)16-10/h6-7H,5,13H2,1-4H3,(H,14,15,16). The van der Waals surface area contributed by atoms with E-state index in [1.807, 2.05) is 6.92 Å². The van der Waals surface area contributed by atoms with Crippen molar-refractivity contribution in [2.24, 2.45) is 11.8 Å². The Bertz CT molecular complexity index is 365. The van der Waals surface area contributed by atoms with Crippen LogP contribution in [-0.2, 0) is 0 Å². The van der Waals surface area contributed by atoms with Gasteiger partial charge < -0.3 is 11.1 Å². The molecule has 0 aliphatic carbocycles. The Balaban J connectivity index is 2.74. The first-order valence-corrected chi connectivity index (χ1v) is 5.83. The van der Waals surface area contributed by atoms with E-state index in [1.54, 1.807) is 0 Å². The minimum atomic E-state index is 0.228. The molecular weight excluding hydrogens is 224 g/mol. The van der Waals surface area contributed by atoms with Crippen molar-refractivity contribution in [3.63, 3.8) is 0 Å². The Hall–Kier alpha value is -1.03. The second kappa shape index (κ2) is 5.34. The first-order valence-electron chi connectivity index (χ1n) is 5.45. The van der Waals surface area contributed by atoms with E-state index in [0.717, 1.165) is 6.54 Å². The molecular formula is C11H19ClN4. The molecule has 0 radical (unpaired) electrons. The molecule has 3 N–H and O–H groups in total. The molecule has 0 bridgehead atoms. The van der Waals surface area contributed by atoms with Crippen molar-refractivity contribution < 1.29 is 0 Å². The molecule has 4 nitrogen and oxygen atoms in total. The van der Waals surface area contributed by atoms with Crippen LogP contribution in [0.5, 0.6) is 0 Å². The maximum Gasteiger partial charge on any atom is 0.224 e. The molecule has 0 amide bonds. The molecule has 1 rings (SSSR count). The summed E-state index contributed by atoms with van der Waals surface area (Å²) in [5.41, 5.74) is 7.15.